The van der Waals surface area contributed by atoms with Crippen LogP contribution in [0.15, 0.2) is 18.2 Å². The molecule has 1 aliphatic heterocycles. The molecule has 1 aromatic carbocycles. The summed E-state index contributed by atoms with van der Waals surface area (Å²) in [4.78, 5) is 23.6. The van der Waals surface area contributed by atoms with E-state index in [0.29, 0.717) is 25.1 Å². The number of carbonyl (C=O) groups is 1. The van der Waals surface area contributed by atoms with Crippen molar-refractivity contribution in [2.45, 2.75) is 25.8 Å². The molecule has 0 aliphatic carbocycles. The molecule has 0 aromatic heterocycles. The predicted octanol–water partition coefficient (Wildman–Crippen LogP) is 2.16. The highest BCUT2D eigenvalue weighted by atomic mass is 16.6. The molecule has 21 heavy (non-hydrogen) atoms. The number of piperidine rings is 1. The minimum Gasteiger partial charge on any atom is -0.481 e. The quantitative estimate of drug-likeness (QED) is 0.674. The molecule has 1 saturated heterocycles. The van der Waals surface area contributed by atoms with Gasteiger partial charge in [-0.15, -0.1) is 0 Å². The number of aliphatic carboxylic acids is 1. The minimum absolute atomic E-state index is 0.105. The molecule has 7 nitrogen and oxygen atoms in total. The van der Waals surface area contributed by atoms with E-state index in [1.54, 1.807) is 12.1 Å². The van der Waals surface area contributed by atoms with Crippen molar-refractivity contribution in [1.82, 2.24) is 0 Å². The summed E-state index contributed by atoms with van der Waals surface area (Å²) in [6.07, 6.45) is 0.906. The van der Waals surface area contributed by atoms with Crippen molar-refractivity contribution in [2.24, 2.45) is 5.92 Å². The Morgan fingerprint density at radius 2 is 2.29 bits per heavy atom. The van der Waals surface area contributed by atoms with E-state index in [1.165, 1.54) is 6.07 Å². The predicted molar refractivity (Wildman–Crippen MR) is 75.0 cm³/mol. The first kappa shape index (κ1) is 14.8. The fourth-order valence-corrected chi connectivity index (χ4v) is 2.74. The summed E-state index contributed by atoms with van der Waals surface area (Å²) in [5.74, 6) is -1.23. The van der Waals surface area contributed by atoms with Crippen LogP contribution in [0, 0.1) is 27.4 Å². The number of nitro groups is 1. The Morgan fingerprint density at radius 1 is 1.57 bits per heavy atom. The first-order valence-corrected chi connectivity index (χ1v) is 6.62. The fraction of sp³-hybridized carbons (Fsp3) is 0.429. The maximum Gasteiger partial charge on any atom is 0.306 e. The zero-order valence-electron chi connectivity index (χ0n) is 11.5. The molecule has 1 N–H and O–H groups in total. The SMILES string of the molecule is CC1CC(C(=O)O)CCN1c1ccc(C#N)cc1[N+](=O)[O-]. The van der Waals surface area contributed by atoms with E-state index in [0.717, 1.165) is 0 Å². The van der Waals surface area contributed by atoms with Crippen LogP contribution >= 0.6 is 0 Å². The highest BCUT2D eigenvalue weighted by molar-refractivity contribution is 5.71. The largest absolute Gasteiger partial charge is 0.481 e. The number of hydrogen-bond donors (Lipinski definition) is 1. The van der Waals surface area contributed by atoms with Crippen molar-refractivity contribution < 1.29 is 14.8 Å². The molecule has 0 spiro atoms. The topological polar surface area (TPSA) is 107 Å². The van der Waals surface area contributed by atoms with Crippen molar-refractivity contribution in [3.05, 3.63) is 33.9 Å². The smallest absolute Gasteiger partial charge is 0.306 e. The molecule has 7 heteroatoms. The third-order valence-electron chi connectivity index (χ3n) is 3.84. The maximum atomic E-state index is 11.2. The normalized spacial score (nSPS) is 21.6. The van der Waals surface area contributed by atoms with Crippen molar-refractivity contribution in [1.29, 1.82) is 5.26 Å². The van der Waals surface area contributed by atoms with Crippen molar-refractivity contribution in [3.63, 3.8) is 0 Å². The number of nitro benzene ring substituents is 1. The third kappa shape index (κ3) is 2.94. The second kappa shape index (κ2) is 5.79. The van der Waals surface area contributed by atoms with E-state index < -0.39 is 16.8 Å². The zero-order valence-corrected chi connectivity index (χ0v) is 11.5. The lowest BCUT2D eigenvalue weighted by atomic mass is 9.91. The van der Waals surface area contributed by atoms with Gasteiger partial charge in [0.05, 0.1) is 22.5 Å². The first-order valence-electron chi connectivity index (χ1n) is 6.62. The number of rotatable bonds is 3. The van der Waals surface area contributed by atoms with Crippen LogP contribution < -0.4 is 4.90 Å². The van der Waals surface area contributed by atoms with Gasteiger partial charge in [0.1, 0.15) is 5.69 Å². The summed E-state index contributed by atoms with van der Waals surface area (Å²) in [6, 6.07) is 6.14. The molecule has 2 unspecified atom stereocenters. The summed E-state index contributed by atoms with van der Waals surface area (Å²) in [5, 5.41) is 29.1. The van der Waals surface area contributed by atoms with Crippen LogP contribution in [0.3, 0.4) is 0 Å². The molecule has 2 atom stereocenters. The molecular formula is C14H15N3O4. The molecule has 1 aromatic rings. The lowest BCUT2D eigenvalue weighted by molar-refractivity contribution is -0.384. The molecule has 1 heterocycles. The summed E-state index contributed by atoms with van der Waals surface area (Å²) in [7, 11) is 0. The van der Waals surface area contributed by atoms with Gasteiger partial charge in [0.2, 0.25) is 0 Å². The first-order chi connectivity index (χ1) is 9.93. The van der Waals surface area contributed by atoms with Crippen LogP contribution in [0.5, 0.6) is 0 Å². The Hall–Kier alpha value is -2.62. The Balaban J connectivity index is 2.32. The van der Waals surface area contributed by atoms with E-state index in [2.05, 4.69) is 0 Å². The Bertz CT molecular complexity index is 623. The second-order valence-electron chi connectivity index (χ2n) is 5.17. The van der Waals surface area contributed by atoms with E-state index in [4.69, 9.17) is 10.4 Å². The van der Waals surface area contributed by atoms with Crippen molar-refractivity contribution in [3.8, 4) is 6.07 Å². The van der Waals surface area contributed by atoms with Crippen LogP contribution in [-0.2, 0) is 4.79 Å². The lowest BCUT2D eigenvalue weighted by Gasteiger charge is -2.37. The molecule has 110 valence electrons. The molecule has 0 bridgehead atoms. The summed E-state index contributed by atoms with van der Waals surface area (Å²) >= 11 is 0. The summed E-state index contributed by atoms with van der Waals surface area (Å²) < 4.78 is 0. The van der Waals surface area contributed by atoms with E-state index in [1.807, 2.05) is 17.9 Å². The van der Waals surface area contributed by atoms with Gasteiger partial charge in [0.15, 0.2) is 0 Å². The minimum atomic E-state index is -0.823. The van der Waals surface area contributed by atoms with Crippen LogP contribution in [0.25, 0.3) is 0 Å². The van der Waals surface area contributed by atoms with Gasteiger partial charge < -0.3 is 10.0 Å². The highest BCUT2D eigenvalue weighted by Gasteiger charge is 2.32. The molecule has 0 saturated carbocycles. The average Bonchev–Trinajstić information content (AvgIpc) is 2.46. The van der Waals surface area contributed by atoms with Crippen molar-refractivity contribution in [2.75, 3.05) is 11.4 Å². The fourth-order valence-electron chi connectivity index (χ4n) is 2.74. The van der Waals surface area contributed by atoms with E-state index >= 15 is 0 Å². The maximum absolute atomic E-state index is 11.2. The van der Waals surface area contributed by atoms with Gasteiger partial charge in [0, 0.05) is 18.7 Å². The number of carboxylic acid groups (broad SMARTS) is 1. The van der Waals surface area contributed by atoms with E-state index in [9.17, 15) is 14.9 Å². The van der Waals surface area contributed by atoms with Crippen LogP contribution in [0.4, 0.5) is 11.4 Å². The van der Waals surface area contributed by atoms with Gasteiger partial charge >= 0.3 is 5.97 Å². The van der Waals surface area contributed by atoms with Crippen LogP contribution in [-0.4, -0.2) is 28.6 Å². The molecule has 1 aliphatic rings. The number of nitrogens with zero attached hydrogens (tertiary/aromatic N) is 3. The summed E-state index contributed by atoms with van der Waals surface area (Å²) in [6.45, 7) is 2.31. The van der Waals surface area contributed by atoms with Gasteiger partial charge in [-0.25, -0.2) is 0 Å². The van der Waals surface area contributed by atoms with Gasteiger partial charge in [-0.1, -0.05) is 0 Å². The molecule has 0 amide bonds. The number of benzene rings is 1. The van der Waals surface area contributed by atoms with Gasteiger partial charge in [-0.2, -0.15) is 5.26 Å². The Labute approximate surface area is 121 Å². The van der Waals surface area contributed by atoms with Gasteiger partial charge in [0.25, 0.3) is 5.69 Å². The Morgan fingerprint density at radius 3 is 2.81 bits per heavy atom. The monoisotopic (exact) mass is 289 g/mol. The zero-order chi connectivity index (χ0) is 15.6. The second-order valence-corrected chi connectivity index (χ2v) is 5.17. The Kier molecular flexibility index (Phi) is 4.08. The lowest BCUT2D eigenvalue weighted by Crippen LogP contribution is -2.43. The molecule has 0 radical (unpaired) electrons. The number of carboxylic acids is 1. The van der Waals surface area contributed by atoms with E-state index in [-0.39, 0.29) is 17.3 Å². The van der Waals surface area contributed by atoms with Crippen molar-refractivity contribution >= 4 is 17.3 Å². The molecule has 2 rings (SSSR count). The van der Waals surface area contributed by atoms with Gasteiger partial charge in [-0.3, -0.25) is 14.9 Å². The van der Waals surface area contributed by atoms with Crippen LogP contribution in [0.2, 0.25) is 0 Å². The average molecular weight is 289 g/mol. The summed E-state index contributed by atoms with van der Waals surface area (Å²) in [5.41, 5.74) is 0.559. The third-order valence-corrected chi connectivity index (χ3v) is 3.84. The number of hydrogen-bond acceptors (Lipinski definition) is 5. The molecule has 1 fully saturated rings. The van der Waals surface area contributed by atoms with Crippen LogP contribution in [0.1, 0.15) is 25.3 Å². The van der Waals surface area contributed by atoms with Gasteiger partial charge in [-0.05, 0) is 31.9 Å². The standard InChI is InChI=1S/C14H15N3O4/c1-9-6-11(14(18)19)4-5-16(9)12-3-2-10(8-15)7-13(12)17(20)21/h2-3,7,9,11H,4-6H2,1H3,(H,18,19). The molecular weight excluding hydrogens is 274 g/mol. The number of nitriles is 1. The number of anilines is 1. The highest BCUT2D eigenvalue weighted by Crippen LogP contribution is 2.35.